The maximum atomic E-state index is 13.2. The first-order valence-electron chi connectivity index (χ1n) is 9.93. The number of rotatable bonds is 5. The van der Waals surface area contributed by atoms with Gasteiger partial charge in [-0.3, -0.25) is 4.79 Å². The van der Waals surface area contributed by atoms with Crippen LogP contribution in [-0.4, -0.2) is 36.7 Å². The Labute approximate surface area is 184 Å². The average molecular weight is 460 g/mol. The molecule has 0 spiro atoms. The highest BCUT2D eigenvalue weighted by atomic mass is 32.2. The van der Waals surface area contributed by atoms with Crippen molar-refractivity contribution in [3.05, 3.63) is 65.3 Å². The normalized spacial score (nSPS) is 17.4. The Bertz CT molecular complexity index is 1190. The van der Waals surface area contributed by atoms with E-state index in [0.717, 1.165) is 29.0 Å². The zero-order valence-corrected chi connectivity index (χ0v) is 18.5. The van der Waals surface area contributed by atoms with Crippen LogP contribution in [0.15, 0.2) is 58.8 Å². The number of hydrogen-bond acceptors (Lipinski definition) is 5. The number of carbonyl (C=O) groups excluding carboxylic acids is 1. The number of nitrogens with one attached hydrogen (secondary N) is 1. The molecule has 1 unspecified atom stereocenters. The minimum Gasteiger partial charge on any atom is -0.302 e. The van der Waals surface area contributed by atoms with Crippen LogP contribution < -0.4 is 5.32 Å². The molecule has 1 amide bonds. The summed E-state index contributed by atoms with van der Waals surface area (Å²) in [5.41, 5.74) is 2.90. The lowest BCUT2D eigenvalue weighted by Crippen LogP contribution is -2.43. The Morgan fingerprint density at radius 2 is 1.94 bits per heavy atom. The number of anilines is 1. The lowest BCUT2D eigenvalue weighted by Gasteiger charge is -2.31. The minimum atomic E-state index is -3.78. The zero-order chi connectivity index (χ0) is 22.0. The number of aromatic nitrogens is 1. The van der Waals surface area contributed by atoms with E-state index in [2.05, 4.69) is 10.3 Å². The number of hydrogen-bond donors (Lipinski definition) is 1. The molecule has 0 radical (unpaired) electrons. The monoisotopic (exact) mass is 459 g/mol. The van der Waals surface area contributed by atoms with Gasteiger partial charge in [-0.2, -0.15) is 4.31 Å². The van der Waals surface area contributed by atoms with Crippen LogP contribution in [0, 0.1) is 18.7 Å². The molecule has 6 nitrogen and oxygen atoms in total. The summed E-state index contributed by atoms with van der Waals surface area (Å²) in [6, 6.07) is 12.6. The molecular weight excluding hydrogens is 437 g/mol. The molecule has 9 heteroatoms. The second kappa shape index (κ2) is 8.86. The first-order valence-corrected chi connectivity index (χ1v) is 12.2. The van der Waals surface area contributed by atoms with Gasteiger partial charge in [0, 0.05) is 24.0 Å². The molecular formula is C22H22FN3O3S2. The van der Waals surface area contributed by atoms with Crippen LogP contribution >= 0.6 is 11.3 Å². The number of halogens is 1. The molecule has 1 saturated heterocycles. The van der Waals surface area contributed by atoms with Gasteiger partial charge in [0.1, 0.15) is 5.82 Å². The molecule has 162 valence electrons. The van der Waals surface area contributed by atoms with E-state index in [0.29, 0.717) is 24.5 Å². The maximum Gasteiger partial charge on any atom is 0.243 e. The van der Waals surface area contributed by atoms with Gasteiger partial charge in [0.25, 0.3) is 0 Å². The molecule has 1 aromatic heterocycles. The third-order valence-corrected chi connectivity index (χ3v) is 8.00. The fourth-order valence-corrected chi connectivity index (χ4v) is 5.89. The number of amides is 1. The fourth-order valence-electron chi connectivity index (χ4n) is 3.65. The van der Waals surface area contributed by atoms with E-state index in [9.17, 15) is 17.6 Å². The first-order chi connectivity index (χ1) is 14.8. The summed E-state index contributed by atoms with van der Waals surface area (Å²) in [5.74, 6) is -1.22. The molecule has 1 fully saturated rings. The summed E-state index contributed by atoms with van der Waals surface area (Å²) in [7, 11) is -3.78. The number of piperidine rings is 1. The Balaban J connectivity index is 1.45. The molecule has 2 heterocycles. The van der Waals surface area contributed by atoms with Gasteiger partial charge in [-0.1, -0.05) is 24.3 Å². The summed E-state index contributed by atoms with van der Waals surface area (Å²) in [6.07, 6.45) is 1.17. The van der Waals surface area contributed by atoms with Crippen LogP contribution in [0.4, 0.5) is 9.52 Å². The topological polar surface area (TPSA) is 79.4 Å². The van der Waals surface area contributed by atoms with Crippen LogP contribution in [0.25, 0.3) is 11.3 Å². The second-order valence-electron chi connectivity index (χ2n) is 7.50. The molecule has 2 aromatic carbocycles. The van der Waals surface area contributed by atoms with E-state index in [-0.39, 0.29) is 17.3 Å². The van der Waals surface area contributed by atoms with Crippen LogP contribution in [0.5, 0.6) is 0 Å². The molecule has 3 aromatic rings. The molecule has 0 bridgehead atoms. The number of benzene rings is 2. The lowest BCUT2D eigenvalue weighted by molar-refractivity contribution is -0.120. The second-order valence-corrected chi connectivity index (χ2v) is 10.3. The van der Waals surface area contributed by atoms with Gasteiger partial charge in [0.2, 0.25) is 15.9 Å². The van der Waals surface area contributed by atoms with E-state index >= 15 is 0 Å². The molecule has 0 aliphatic carbocycles. The Kier molecular flexibility index (Phi) is 6.17. The van der Waals surface area contributed by atoms with Crippen molar-refractivity contribution in [3.8, 4) is 11.3 Å². The molecule has 1 aliphatic heterocycles. The summed E-state index contributed by atoms with van der Waals surface area (Å²) in [5, 5.41) is 5.22. The van der Waals surface area contributed by atoms with Gasteiger partial charge in [-0.05, 0) is 49.6 Å². The largest absolute Gasteiger partial charge is 0.302 e. The van der Waals surface area contributed by atoms with Crippen molar-refractivity contribution < 1.29 is 17.6 Å². The highest BCUT2D eigenvalue weighted by molar-refractivity contribution is 7.89. The van der Waals surface area contributed by atoms with Crippen molar-refractivity contribution in [3.63, 3.8) is 0 Å². The Hall–Kier alpha value is -2.62. The summed E-state index contributed by atoms with van der Waals surface area (Å²) >= 11 is 1.34. The van der Waals surface area contributed by atoms with Crippen LogP contribution in [-0.2, 0) is 14.8 Å². The van der Waals surface area contributed by atoms with Gasteiger partial charge in [-0.25, -0.2) is 17.8 Å². The zero-order valence-electron chi connectivity index (χ0n) is 16.9. The third kappa shape index (κ3) is 4.68. The van der Waals surface area contributed by atoms with Crippen molar-refractivity contribution in [2.24, 2.45) is 5.92 Å². The third-order valence-electron chi connectivity index (χ3n) is 5.36. The smallest absolute Gasteiger partial charge is 0.243 e. The van der Waals surface area contributed by atoms with Crippen molar-refractivity contribution in [2.45, 2.75) is 24.7 Å². The van der Waals surface area contributed by atoms with Gasteiger partial charge >= 0.3 is 0 Å². The molecule has 4 rings (SSSR count). The molecule has 0 saturated carbocycles. The predicted molar refractivity (Wildman–Crippen MR) is 119 cm³/mol. The van der Waals surface area contributed by atoms with Crippen molar-refractivity contribution >= 4 is 32.4 Å². The quantitative estimate of drug-likeness (QED) is 0.617. The van der Waals surface area contributed by atoms with Crippen LogP contribution in [0.3, 0.4) is 0 Å². The number of aryl methyl sites for hydroxylation is 1. The highest BCUT2D eigenvalue weighted by Crippen LogP contribution is 2.29. The highest BCUT2D eigenvalue weighted by Gasteiger charge is 2.33. The number of nitrogens with zero attached hydrogens (tertiary/aromatic N) is 2. The van der Waals surface area contributed by atoms with Gasteiger partial charge in [0.05, 0.1) is 16.5 Å². The standard InChI is InChI=1S/C22H22FN3O3S2/c1-15-5-2-3-7-19(15)20-14-30-22(24-20)25-21(27)16-6-4-12-26(13-16)31(28,29)18-10-8-17(23)9-11-18/h2-3,5,7-11,14,16H,4,6,12-13H2,1H3,(H,24,25,27). The SMILES string of the molecule is Cc1ccccc1-c1csc(NC(=O)C2CCCN(S(=O)(=O)c3ccc(F)cc3)C2)n1. The summed E-state index contributed by atoms with van der Waals surface area (Å²) in [4.78, 5) is 17.4. The van der Waals surface area contributed by atoms with E-state index in [4.69, 9.17) is 0 Å². The van der Waals surface area contributed by atoms with Crippen molar-refractivity contribution in [1.29, 1.82) is 0 Å². The van der Waals surface area contributed by atoms with Gasteiger partial charge < -0.3 is 5.32 Å². The van der Waals surface area contributed by atoms with Crippen molar-refractivity contribution in [1.82, 2.24) is 9.29 Å². The Morgan fingerprint density at radius 1 is 1.19 bits per heavy atom. The lowest BCUT2D eigenvalue weighted by atomic mass is 9.99. The average Bonchev–Trinajstić information content (AvgIpc) is 3.22. The van der Waals surface area contributed by atoms with Gasteiger partial charge in [0.15, 0.2) is 5.13 Å². The molecule has 1 aliphatic rings. The maximum absolute atomic E-state index is 13.2. The molecule has 1 N–H and O–H groups in total. The molecule has 1 atom stereocenters. The Morgan fingerprint density at radius 3 is 2.68 bits per heavy atom. The van der Waals surface area contributed by atoms with Crippen molar-refractivity contribution in [2.75, 3.05) is 18.4 Å². The first kappa shape index (κ1) is 21.6. The predicted octanol–water partition coefficient (Wildman–Crippen LogP) is 4.30. The van der Waals surface area contributed by atoms with Crippen LogP contribution in [0.2, 0.25) is 0 Å². The van der Waals surface area contributed by atoms with Crippen LogP contribution in [0.1, 0.15) is 18.4 Å². The number of carbonyl (C=O) groups is 1. The minimum absolute atomic E-state index is 0.0257. The summed E-state index contributed by atoms with van der Waals surface area (Å²) in [6.45, 7) is 2.42. The summed E-state index contributed by atoms with van der Waals surface area (Å²) < 4.78 is 40.2. The van der Waals surface area contributed by atoms with E-state index in [1.807, 2.05) is 36.6 Å². The van der Waals surface area contributed by atoms with E-state index in [1.165, 1.54) is 27.8 Å². The molecule has 31 heavy (non-hydrogen) atoms. The van der Waals surface area contributed by atoms with E-state index in [1.54, 1.807) is 0 Å². The fraction of sp³-hybridized carbons (Fsp3) is 0.273. The van der Waals surface area contributed by atoms with Gasteiger partial charge in [-0.15, -0.1) is 11.3 Å². The number of thiazole rings is 1. The van der Waals surface area contributed by atoms with E-state index < -0.39 is 21.8 Å². The number of sulfonamides is 1.